The number of nitrogens with zero attached hydrogens (tertiary/aromatic N) is 1. The van der Waals surface area contributed by atoms with E-state index in [2.05, 4.69) is 108 Å². The first-order chi connectivity index (χ1) is 22.6. The highest BCUT2D eigenvalue weighted by atomic mass is 19.1. The molecule has 8 aromatic rings. The molecule has 2 aliphatic carbocycles. The van der Waals surface area contributed by atoms with Crippen molar-refractivity contribution in [2.45, 2.75) is 5.41 Å². The van der Waals surface area contributed by atoms with Crippen molar-refractivity contribution in [2.24, 2.45) is 0 Å². The summed E-state index contributed by atoms with van der Waals surface area (Å²) >= 11 is 0. The first-order valence-electron chi connectivity index (χ1n) is 15.6. The van der Waals surface area contributed by atoms with Crippen LogP contribution in [0.1, 0.15) is 22.3 Å². The monoisotopic (exact) mass is 593 g/mol. The van der Waals surface area contributed by atoms with E-state index in [1.54, 1.807) is 12.1 Å². The van der Waals surface area contributed by atoms with Crippen LogP contribution < -0.4 is 0 Å². The highest BCUT2D eigenvalue weighted by molar-refractivity contribution is 6.09. The molecule has 0 N–H and O–H groups in total. The van der Waals surface area contributed by atoms with E-state index < -0.39 is 5.41 Å². The molecular formula is C43H25F2N. The molecule has 1 aromatic heterocycles. The third kappa shape index (κ3) is 3.17. The van der Waals surface area contributed by atoms with Gasteiger partial charge in [-0.05, 0) is 104 Å². The third-order valence-electron chi connectivity index (χ3n) is 10.1. The van der Waals surface area contributed by atoms with Gasteiger partial charge in [-0.1, -0.05) is 103 Å². The van der Waals surface area contributed by atoms with Crippen LogP contribution in [0.3, 0.4) is 0 Å². The molecule has 0 saturated heterocycles. The topological polar surface area (TPSA) is 4.93 Å². The van der Waals surface area contributed by atoms with Gasteiger partial charge in [0.25, 0.3) is 0 Å². The van der Waals surface area contributed by atoms with Crippen LogP contribution in [0, 0.1) is 11.6 Å². The Morgan fingerprint density at radius 3 is 1.59 bits per heavy atom. The zero-order chi connectivity index (χ0) is 30.6. The lowest BCUT2D eigenvalue weighted by Gasteiger charge is -2.32. The zero-order valence-corrected chi connectivity index (χ0v) is 24.6. The number of hydrogen-bond donors (Lipinski definition) is 0. The Bertz CT molecular complexity index is 2450. The molecule has 1 nitrogen and oxygen atoms in total. The average molecular weight is 594 g/mol. The maximum Gasteiger partial charge on any atom is 0.123 e. The van der Waals surface area contributed by atoms with Gasteiger partial charge in [0, 0.05) is 16.5 Å². The second-order valence-electron chi connectivity index (χ2n) is 12.3. The molecule has 0 radical (unpaired) electrons. The lowest BCUT2D eigenvalue weighted by molar-refractivity contribution is 0.618. The smallest absolute Gasteiger partial charge is 0.123 e. The first kappa shape index (κ1) is 25.5. The maximum absolute atomic E-state index is 15.2. The van der Waals surface area contributed by atoms with Crippen molar-refractivity contribution in [2.75, 3.05) is 0 Å². The Morgan fingerprint density at radius 1 is 0.413 bits per heavy atom. The van der Waals surface area contributed by atoms with Crippen molar-refractivity contribution in [3.05, 3.63) is 186 Å². The number of halogens is 2. The Hall–Kier alpha value is -5.80. The molecule has 2 aliphatic rings. The number of hydrogen-bond acceptors (Lipinski definition) is 0. The molecule has 0 unspecified atom stereocenters. The summed E-state index contributed by atoms with van der Waals surface area (Å²) in [6.07, 6.45) is 0. The van der Waals surface area contributed by atoms with Crippen LogP contribution in [0.4, 0.5) is 8.78 Å². The van der Waals surface area contributed by atoms with Crippen LogP contribution in [0.5, 0.6) is 0 Å². The van der Waals surface area contributed by atoms with Gasteiger partial charge in [0.1, 0.15) is 11.6 Å². The highest BCUT2D eigenvalue weighted by Gasteiger charge is 2.53. The fourth-order valence-corrected chi connectivity index (χ4v) is 8.42. The Balaban J connectivity index is 1.24. The van der Waals surface area contributed by atoms with E-state index in [0.717, 1.165) is 72.4 Å². The van der Waals surface area contributed by atoms with E-state index in [4.69, 9.17) is 0 Å². The number of fused-ring (bicyclic) bond motifs is 13. The van der Waals surface area contributed by atoms with Gasteiger partial charge in [-0.15, -0.1) is 0 Å². The van der Waals surface area contributed by atoms with Gasteiger partial charge < -0.3 is 4.57 Å². The molecule has 3 heteroatoms. The minimum Gasteiger partial charge on any atom is -0.309 e. The van der Waals surface area contributed by atoms with Gasteiger partial charge in [-0.3, -0.25) is 0 Å². The standard InChI is InChI=1S/C43H25F2N/c44-27-18-22-32-33-23-19-28(45)25-39(33)43(38(32)24-27)37-13-4-1-8-31(37)36-12-7-11-30(42(36)43)26-16-20-29(21-17-26)46-40-14-5-2-9-34(40)35-10-3-6-15-41(35)46/h1-25H. The van der Waals surface area contributed by atoms with Gasteiger partial charge in [0.2, 0.25) is 0 Å². The SMILES string of the molecule is Fc1ccc2c(c1)C1(c3cc(F)ccc3-2)c2ccccc2-c2cccc(-c3ccc(-n4c5ccccc5c5ccccc54)cc3)c21. The molecule has 10 rings (SSSR count). The maximum atomic E-state index is 15.2. The van der Waals surface area contributed by atoms with Crippen molar-refractivity contribution in [1.82, 2.24) is 4.57 Å². The number of rotatable bonds is 2. The third-order valence-corrected chi connectivity index (χ3v) is 10.1. The van der Waals surface area contributed by atoms with Crippen LogP contribution in [-0.2, 0) is 5.41 Å². The Kier molecular flexibility index (Phi) is 5.06. The van der Waals surface area contributed by atoms with Gasteiger partial charge >= 0.3 is 0 Å². The molecule has 1 heterocycles. The number of para-hydroxylation sites is 2. The lowest BCUT2D eigenvalue weighted by atomic mass is 9.68. The molecule has 0 bridgehead atoms. The number of benzene rings is 7. The summed E-state index contributed by atoms with van der Waals surface area (Å²) in [7, 11) is 0. The molecule has 46 heavy (non-hydrogen) atoms. The van der Waals surface area contributed by atoms with E-state index in [0.29, 0.717) is 0 Å². The summed E-state index contributed by atoms with van der Waals surface area (Å²) in [6.45, 7) is 0. The average Bonchev–Trinajstić information content (AvgIpc) is 3.70. The van der Waals surface area contributed by atoms with Gasteiger partial charge in [0.15, 0.2) is 0 Å². The molecule has 0 saturated carbocycles. The largest absolute Gasteiger partial charge is 0.309 e. The van der Waals surface area contributed by atoms with Crippen LogP contribution in [0.15, 0.2) is 152 Å². The minimum absolute atomic E-state index is 0.301. The first-order valence-corrected chi connectivity index (χ1v) is 15.6. The molecule has 0 atom stereocenters. The second-order valence-corrected chi connectivity index (χ2v) is 12.3. The fourth-order valence-electron chi connectivity index (χ4n) is 8.42. The molecular weight excluding hydrogens is 568 g/mol. The van der Waals surface area contributed by atoms with Crippen molar-refractivity contribution in [1.29, 1.82) is 0 Å². The van der Waals surface area contributed by atoms with E-state index in [9.17, 15) is 0 Å². The lowest BCUT2D eigenvalue weighted by Crippen LogP contribution is -2.27. The molecule has 1 spiro atoms. The Labute approximate surface area is 264 Å². The highest BCUT2D eigenvalue weighted by Crippen LogP contribution is 2.64. The minimum atomic E-state index is -0.858. The van der Waals surface area contributed by atoms with E-state index >= 15 is 8.78 Å². The van der Waals surface area contributed by atoms with Crippen molar-refractivity contribution >= 4 is 21.8 Å². The van der Waals surface area contributed by atoms with Gasteiger partial charge in [-0.2, -0.15) is 0 Å². The van der Waals surface area contributed by atoms with Crippen molar-refractivity contribution < 1.29 is 8.78 Å². The Morgan fingerprint density at radius 2 is 0.935 bits per heavy atom. The summed E-state index contributed by atoms with van der Waals surface area (Å²) in [5, 5.41) is 2.45. The van der Waals surface area contributed by atoms with Crippen LogP contribution in [-0.4, -0.2) is 4.57 Å². The summed E-state index contributed by atoms with van der Waals surface area (Å²) in [6, 6.07) is 50.5. The van der Waals surface area contributed by atoms with E-state index in [1.165, 1.54) is 22.9 Å². The summed E-state index contributed by atoms with van der Waals surface area (Å²) in [4.78, 5) is 0. The van der Waals surface area contributed by atoms with Crippen LogP contribution in [0.25, 0.3) is 60.9 Å². The van der Waals surface area contributed by atoms with Crippen LogP contribution >= 0.6 is 0 Å². The van der Waals surface area contributed by atoms with Crippen molar-refractivity contribution in [3.8, 4) is 39.1 Å². The predicted molar refractivity (Wildman–Crippen MR) is 182 cm³/mol. The normalized spacial score (nSPS) is 13.6. The molecule has 0 amide bonds. The predicted octanol–water partition coefficient (Wildman–Crippen LogP) is 11.1. The van der Waals surface area contributed by atoms with Gasteiger partial charge in [-0.25, -0.2) is 8.78 Å². The van der Waals surface area contributed by atoms with E-state index in [-0.39, 0.29) is 11.6 Å². The summed E-state index contributed by atoms with van der Waals surface area (Å²) < 4.78 is 32.7. The fraction of sp³-hybridized carbons (Fsp3) is 0.0233. The summed E-state index contributed by atoms with van der Waals surface area (Å²) in [5.74, 6) is -0.601. The molecule has 216 valence electrons. The summed E-state index contributed by atoms with van der Waals surface area (Å²) in [5.41, 5.74) is 12.5. The molecule has 0 fully saturated rings. The second kappa shape index (κ2) is 9.12. The zero-order valence-electron chi connectivity index (χ0n) is 24.6. The number of aromatic nitrogens is 1. The van der Waals surface area contributed by atoms with Gasteiger partial charge in [0.05, 0.1) is 16.4 Å². The van der Waals surface area contributed by atoms with E-state index in [1.807, 2.05) is 24.3 Å². The quantitative estimate of drug-likeness (QED) is 0.188. The molecule has 0 aliphatic heterocycles. The molecule has 7 aromatic carbocycles. The van der Waals surface area contributed by atoms with Crippen molar-refractivity contribution in [3.63, 3.8) is 0 Å². The van der Waals surface area contributed by atoms with Crippen LogP contribution in [0.2, 0.25) is 0 Å².